The first-order valence-corrected chi connectivity index (χ1v) is 8.29. The lowest BCUT2D eigenvalue weighted by Crippen LogP contribution is -2.33. The summed E-state index contributed by atoms with van der Waals surface area (Å²) in [5, 5.41) is 1.07. The Balaban J connectivity index is 1.96. The fraction of sp³-hybridized carbons (Fsp3) is 0.526. The summed E-state index contributed by atoms with van der Waals surface area (Å²) < 4.78 is 5.47. The summed E-state index contributed by atoms with van der Waals surface area (Å²) in [7, 11) is 2.18. The molecule has 3 heteroatoms. The lowest BCUT2D eigenvalue weighted by atomic mass is 9.94. The summed E-state index contributed by atoms with van der Waals surface area (Å²) in [4.78, 5) is 14.3. The fourth-order valence-corrected chi connectivity index (χ4v) is 3.57. The highest BCUT2D eigenvalue weighted by molar-refractivity contribution is 5.83. The molecular formula is C19H25NO2. The lowest BCUT2D eigenvalue weighted by Gasteiger charge is -2.31. The Morgan fingerprint density at radius 3 is 2.64 bits per heavy atom. The van der Waals surface area contributed by atoms with Gasteiger partial charge in [0.05, 0.1) is 0 Å². The summed E-state index contributed by atoms with van der Waals surface area (Å²) in [5.74, 6) is 0. The Bertz CT molecular complexity index is 726. The maximum atomic E-state index is 11.9. The molecule has 2 aromatic rings. The molecule has 1 aromatic carbocycles. The van der Waals surface area contributed by atoms with Gasteiger partial charge in [0.25, 0.3) is 0 Å². The normalized spacial score (nSPS) is 16.5. The minimum Gasteiger partial charge on any atom is -0.422 e. The number of hydrogen-bond acceptors (Lipinski definition) is 3. The Hall–Kier alpha value is -1.61. The quantitative estimate of drug-likeness (QED) is 0.797. The average molecular weight is 299 g/mol. The van der Waals surface area contributed by atoms with Gasteiger partial charge in [-0.3, -0.25) is 4.90 Å². The molecule has 0 amide bonds. The van der Waals surface area contributed by atoms with E-state index in [-0.39, 0.29) is 5.63 Å². The topological polar surface area (TPSA) is 33.5 Å². The van der Waals surface area contributed by atoms with Crippen molar-refractivity contribution in [3.8, 4) is 0 Å². The molecule has 0 N–H and O–H groups in total. The summed E-state index contributed by atoms with van der Waals surface area (Å²) in [6, 6.07) is 6.51. The first kappa shape index (κ1) is 15.3. The van der Waals surface area contributed by atoms with E-state index in [2.05, 4.69) is 31.0 Å². The fourth-order valence-electron chi connectivity index (χ4n) is 3.57. The number of hydrogen-bond donors (Lipinski definition) is 0. The van der Waals surface area contributed by atoms with Crippen molar-refractivity contribution in [1.29, 1.82) is 0 Å². The van der Waals surface area contributed by atoms with E-state index in [9.17, 15) is 4.79 Å². The van der Waals surface area contributed by atoms with Gasteiger partial charge in [0, 0.05) is 24.0 Å². The van der Waals surface area contributed by atoms with Crippen molar-refractivity contribution in [3.05, 3.63) is 45.3 Å². The Morgan fingerprint density at radius 1 is 1.18 bits per heavy atom. The van der Waals surface area contributed by atoms with Crippen LogP contribution < -0.4 is 5.63 Å². The van der Waals surface area contributed by atoms with E-state index >= 15 is 0 Å². The van der Waals surface area contributed by atoms with Crippen LogP contribution >= 0.6 is 0 Å². The Kier molecular flexibility index (Phi) is 4.34. The van der Waals surface area contributed by atoms with Crippen LogP contribution in [0.4, 0.5) is 0 Å². The van der Waals surface area contributed by atoms with Gasteiger partial charge < -0.3 is 4.42 Å². The van der Waals surface area contributed by atoms with Crippen molar-refractivity contribution in [2.24, 2.45) is 0 Å². The van der Waals surface area contributed by atoms with Gasteiger partial charge in [-0.15, -0.1) is 0 Å². The van der Waals surface area contributed by atoms with Crippen molar-refractivity contribution in [1.82, 2.24) is 4.90 Å². The molecule has 1 fully saturated rings. The molecule has 22 heavy (non-hydrogen) atoms. The third-order valence-corrected chi connectivity index (χ3v) is 5.14. The second-order valence-corrected chi connectivity index (χ2v) is 6.68. The highest BCUT2D eigenvalue weighted by Gasteiger charge is 2.19. The van der Waals surface area contributed by atoms with E-state index in [1.54, 1.807) is 6.07 Å². The number of nitrogens with zero attached hydrogens (tertiary/aromatic N) is 1. The van der Waals surface area contributed by atoms with Gasteiger partial charge in [-0.05, 0) is 50.4 Å². The van der Waals surface area contributed by atoms with Gasteiger partial charge in [-0.1, -0.05) is 31.4 Å². The van der Waals surface area contributed by atoms with Crippen LogP contribution in [0.2, 0.25) is 0 Å². The van der Waals surface area contributed by atoms with Crippen LogP contribution in [0.3, 0.4) is 0 Å². The minimum absolute atomic E-state index is 0.242. The number of rotatable bonds is 3. The van der Waals surface area contributed by atoms with E-state index in [0.29, 0.717) is 6.04 Å². The molecule has 1 aliphatic rings. The molecule has 0 bridgehead atoms. The van der Waals surface area contributed by atoms with Crippen molar-refractivity contribution in [3.63, 3.8) is 0 Å². The molecule has 3 nitrogen and oxygen atoms in total. The number of aryl methyl sites for hydroxylation is 2. The molecule has 0 unspecified atom stereocenters. The minimum atomic E-state index is -0.242. The van der Waals surface area contributed by atoms with Crippen LogP contribution in [-0.2, 0) is 6.54 Å². The molecule has 1 aromatic heterocycles. The zero-order valence-corrected chi connectivity index (χ0v) is 13.8. The molecular weight excluding hydrogens is 274 g/mol. The van der Waals surface area contributed by atoms with E-state index in [1.807, 2.05) is 6.92 Å². The van der Waals surface area contributed by atoms with Crippen LogP contribution in [0.5, 0.6) is 0 Å². The van der Waals surface area contributed by atoms with Crippen molar-refractivity contribution < 1.29 is 4.42 Å². The van der Waals surface area contributed by atoms with Gasteiger partial charge in [-0.2, -0.15) is 0 Å². The van der Waals surface area contributed by atoms with Gasteiger partial charge >= 0.3 is 5.63 Å². The van der Waals surface area contributed by atoms with Crippen LogP contribution in [0.15, 0.2) is 27.4 Å². The molecule has 0 spiro atoms. The van der Waals surface area contributed by atoms with Gasteiger partial charge in [0.2, 0.25) is 0 Å². The molecule has 1 saturated carbocycles. The largest absolute Gasteiger partial charge is 0.422 e. The first-order chi connectivity index (χ1) is 10.6. The SMILES string of the molecule is Cc1ccc2c(CN(C)C3CCCCC3)cc(=O)oc2c1C. The second-order valence-electron chi connectivity index (χ2n) is 6.68. The van der Waals surface area contributed by atoms with Crippen LogP contribution in [-0.4, -0.2) is 18.0 Å². The van der Waals surface area contributed by atoms with Gasteiger partial charge in [0.15, 0.2) is 0 Å². The lowest BCUT2D eigenvalue weighted by molar-refractivity contribution is 0.185. The van der Waals surface area contributed by atoms with Crippen LogP contribution in [0, 0.1) is 13.8 Å². The summed E-state index contributed by atoms with van der Waals surface area (Å²) in [6.45, 7) is 4.89. The smallest absolute Gasteiger partial charge is 0.336 e. The summed E-state index contributed by atoms with van der Waals surface area (Å²) >= 11 is 0. The molecule has 0 aliphatic heterocycles. The maximum absolute atomic E-state index is 11.9. The molecule has 1 heterocycles. The molecule has 0 atom stereocenters. The third-order valence-electron chi connectivity index (χ3n) is 5.14. The zero-order valence-electron chi connectivity index (χ0n) is 13.8. The predicted octanol–water partition coefficient (Wildman–Crippen LogP) is 4.17. The molecule has 1 aliphatic carbocycles. The van der Waals surface area contributed by atoms with Gasteiger partial charge in [0.1, 0.15) is 5.58 Å². The van der Waals surface area contributed by atoms with Crippen molar-refractivity contribution >= 4 is 11.0 Å². The maximum Gasteiger partial charge on any atom is 0.336 e. The second kappa shape index (κ2) is 6.25. The Morgan fingerprint density at radius 2 is 1.91 bits per heavy atom. The van der Waals surface area contributed by atoms with E-state index in [1.165, 1.54) is 32.1 Å². The molecule has 3 rings (SSSR count). The van der Waals surface area contributed by atoms with Crippen LogP contribution in [0.25, 0.3) is 11.0 Å². The van der Waals surface area contributed by atoms with Crippen molar-refractivity contribution in [2.45, 2.75) is 58.5 Å². The first-order valence-electron chi connectivity index (χ1n) is 8.29. The van der Waals surface area contributed by atoms with E-state index in [4.69, 9.17) is 4.42 Å². The zero-order chi connectivity index (χ0) is 15.7. The highest BCUT2D eigenvalue weighted by atomic mass is 16.4. The standard InChI is InChI=1S/C19H25NO2/c1-13-9-10-17-15(11-18(21)22-19(17)14(13)2)12-20(3)16-7-5-4-6-8-16/h9-11,16H,4-8,12H2,1-3H3. The summed E-state index contributed by atoms with van der Waals surface area (Å²) in [6.07, 6.45) is 6.55. The Labute approximate surface area is 131 Å². The molecule has 118 valence electrons. The average Bonchev–Trinajstić information content (AvgIpc) is 2.52. The van der Waals surface area contributed by atoms with Gasteiger partial charge in [-0.25, -0.2) is 4.79 Å². The van der Waals surface area contributed by atoms with Crippen LogP contribution in [0.1, 0.15) is 48.8 Å². The van der Waals surface area contributed by atoms with Crippen molar-refractivity contribution in [2.75, 3.05) is 7.05 Å². The number of fused-ring (bicyclic) bond motifs is 1. The molecule has 0 radical (unpaired) electrons. The van der Waals surface area contributed by atoms with E-state index < -0.39 is 0 Å². The highest BCUT2D eigenvalue weighted by Crippen LogP contribution is 2.26. The van der Waals surface area contributed by atoms with E-state index in [0.717, 1.165) is 34.2 Å². The summed E-state index contributed by atoms with van der Waals surface area (Å²) in [5.41, 5.74) is 3.82. The molecule has 0 saturated heterocycles. The predicted molar refractivity (Wildman–Crippen MR) is 90.3 cm³/mol. The number of benzene rings is 1. The monoisotopic (exact) mass is 299 g/mol. The third kappa shape index (κ3) is 2.95.